The Hall–Kier alpha value is -1.58. The van der Waals surface area contributed by atoms with Gasteiger partial charge in [0.15, 0.2) is 5.96 Å². The van der Waals surface area contributed by atoms with Crippen molar-refractivity contribution < 1.29 is 5.11 Å². The smallest absolute Gasteiger partial charge is 0.191 e. The number of nitrogens with zero attached hydrogens (tertiary/aromatic N) is 3. The Morgan fingerprint density at radius 3 is 2.45 bits per heavy atom. The number of benzene rings is 1. The Labute approximate surface area is 207 Å². The summed E-state index contributed by atoms with van der Waals surface area (Å²) in [6.45, 7) is 6.62. The van der Waals surface area contributed by atoms with Gasteiger partial charge in [-0.1, -0.05) is 29.8 Å². The van der Waals surface area contributed by atoms with Crippen molar-refractivity contribution in [2.45, 2.75) is 32.7 Å². The first kappa shape index (κ1) is 25.7. The van der Waals surface area contributed by atoms with Crippen LogP contribution in [0.15, 0.2) is 47.6 Å². The number of hydrogen-bond acceptors (Lipinski definition) is 4. The van der Waals surface area contributed by atoms with Gasteiger partial charge in [0.1, 0.15) is 5.15 Å². The Morgan fingerprint density at radius 2 is 1.84 bits per heavy atom. The molecule has 6 nitrogen and oxygen atoms in total. The predicted octanol–water partition coefficient (Wildman–Crippen LogP) is 3.86. The van der Waals surface area contributed by atoms with E-state index in [2.05, 4.69) is 51.7 Å². The summed E-state index contributed by atoms with van der Waals surface area (Å²) in [5.41, 5.74) is 3.57. The third kappa shape index (κ3) is 8.46. The highest BCUT2D eigenvalue weighted by molar-refractivity contribution is 14.0. The molecule has 0 amide bonds. The highest BCUT2D eigenvalue weighted by atomic mass is 127. The summed E-state index contributed by atoms with van der Waals surface area (Å²) in [7, 11) is 0. The quantitative estimate of drug-likeness (QED) is 0.199. The average Bonchev–Trinajstić information content (AvgIpc) is 2.79. The summed E-state index contributed by atoms with van der Waals surface area (Å²) in [6, 6.07) is 12.5. The number of nitrogens with one attached hydrogen (secondary N) is 2. The minimum absolute atomic E-state index is 0. The van der Waals surface area contributed by atoms with Gasteiger partial charge in [-0.3, -0.25) is 0 Å². The normalized spacial score (nSPS) is 14.8. The first-order chi connectivity index (χ1) is 14.7. The first-order valence-electron chi connectivity index (χ1n) is 10.7. The monoisotopic (exact) mass is 557 g/mol. The van der Waals surface area contributed by atoms with E-state index in [0.717, 1.165) is 57.0 Å². The summed E-state index contributed by atoms with van der Waals surface area (Å²) >= 11 is 5.83. The number of rotatable bonds is 8. The van der Waals surface area contributed by atoms with Crippen LogP contribution < -0.4 is 15.5 Å². The molecule has 2 aromatic rings. The Morgan fingerprint density at radius 1 is 1.13 bits per heavy atom. The second-order valence-corrected chi connectivity index (χ2v) is 8.03. The van der Waals surface area contributed by atoms with E-state index in [1.165, 1.54) is 11.3 Å². The van der Waals surface area contributed by atoms with Crippen LogP contribution in [0.1, 0.15) is 30.9 Å². The number of aliphatic imine (C=N–C) groups is 1. The highest BCUT2D eigenvalue weighted by Crippen LogP contribution is 2.23. The number of hydrogen-bond donors (Lipinski definition) is 3. The van der Waals surface area contributed by atoms with E-state index in [1.54, 1.807) is 0 Å². The van der Waals surface area contributed by atoms with Crippen LogP contribution in [0.5, 0.6) is 0 Å². The molecule has 3 rings (SSSR count). The van der Waals surface area contributed by atoms with Crippen molar-refractivity contribution in [2.24, 2.45) is 10.9 Å². The van der Waals surface area contributed by atoms with E-state index >= 15 is 0 Å². The SMILES string of the molecule is CCNC(=NCc1ccc(N2CCC(CO)CC2)cc1)NCCc1ccc(Cl)nc1.I. The predicted molar refractivity (Wildman–Crippen MR) is 140 cm³/mol. The van der Waals surface area contributed by atoms with Crippen molar-refractivity contribution in [3.8, 4) is 0 Å². The third-order valence-electron chi connectivity index (χ3n) is 5.43. The van der Waals surface area contributed by atoms with Gasteiger partial charge in [-0.15, -0.1) is 24.0 Å². The number of guanidine groups is 1. The summed E-state index contributed by atoms with van der Waals surface area (Å²) in [6.07, 6.45) is 4.79. The first-order valence-corrected chi connectivity index (χ1v) is 11.1. The molecule has 0 atom stereocenters. The molecule has 0 bridgehead atoms. The van der Waals surface area contributed by atoms with Crippen LogP contribution in [0.2, 0.25) is 5.15 Å². The van der Waals surface area contributed by atoms with Crippen LogP contribution >= 0.6 is 35.6 Å². The van der Waals surface area contributed by atoms with Crippen molar-refractivity contribution in [3.63, 3.8) is 0 Å². The number of pyridine rings is 1. The number of anilines is 1. The van der Waals surface area contributed by atoms with Gasteiger partial charge in [-0.05, 0) is 61.4 Å². The van der Waals surface area contributed by atoms with Crippen molar-refractivity contribution in [1.82, 2.24) is 15.6 Å². The number of piperidine rings is 1. The van der Waals surface area contributed by atoms with Gasteiger partial charge in [0, 0.05) is 44.7 Å². The lowest BCUT2D eigenvalue weighted by Crippen LogP contribution is -2.38. The zero-order chi connectivity index (χ0) is 21.2. The maximum Gasteiger partial charge on any atom is 0.191 e. The van der Waals surface area contributed by atoms with Crippen LogP contribution in [-0.2, 0) is 13.0 Å². The van der Waals surface area contributed by atoms with E-state index in [4.69, 9.17) is 16.6 Å². The zero-order valence-electron chi connectivity index (χ0n) is 18.1. The van der Waals surface area contributed by atoms with E-state index < -0.39 is 0 Å². The molecule has 1 saturated heterocycles. The second kappa shape index (κ2) is 13.8. The van der Waals surface area contributed by atoms with Gasteiger partial charge in [-0.25, -0.2) is 9.98 Å². The molecule has 1 fully saturated rings. The Balaban J connectivity index is 0.00000341. The standard InChI is InChI=1S/C23H32ClN5O.HI/c1-2-25-23(26-12-9-19-5-8-22(24)27-15-19)28-16-18-3-6-21(7-4-18)29-13-10-20(17-30)11-14-29;/h3-8,15,20,30H,2,9-14,16-17H2,1H3,(H2,25,26,28);1H. The van der Waals surface area contributed by atoms with Crippen LogP contribution in [0.25, 0.3) is 0 Å². The minimum atomic E-state index is 0. The molecule has 31 heavy (non-hydrogen) atoms. The topological polar surface area (TPSA) is 72.8 Å². The second-order valence-electron chi connectivity index (χ2n) is 7.64. The van der Waals surface area contributed by atoms with Gasteiger partial charge >= 0.3 is 0 Å². The molecule has 8 heteroatoms. The maximum atomic E-state index is 9.30. The molecule has 1 aliphatic rings. The highest BCUT2D eigenvalue weighted by Gasteiger charge is 2.18. The van der Waals surface area contributed by atoms with Crippen LogP contribution in [0.3, 0.4) is 0 Å². The van der Waals surface area contributed by atoms with E-state index in [-0.39, 0.29) is 24.0 Å². The van der Waals surface area contributed by atoms with Crippen molar-refractivity contribution in [1.29, 1.82) is 0 Å². The Bertz CT molecular complexity index is 793. The molecule has 1 aliphatic heterocycles. The van der Waals surface area contributed by atoms with Gasteiger partial charge in [-0.2, -0.15) is 0 Å². The maximum absolute atomic E-state index is 9.30. The molecule has 2 heterocycles. The van der Waals surface area contributed by atoms with Crippen LogP contribution in [-0.4, -0.2) is 48.8 Å². The lowest BCUT2D eigenvalue weighted by atomic mass is 9.97. The number of aliphatic hydroxyl groups is 1. The summed E-state index contributed by atoms with van der Waals surface area (Å²) in [5.74, 6) is 1.28. The largest absolute Gasteiger partial charge is 0.396 e. The summed E-state index contributed by atoms with van der Waals surface area (Å²) < 4.78 is 0. The minimum Gasteiger partial charge on any atom is -0.396 e. The third-order valence-corrected chi connectivity index (χ3v) is 5.66. The van der Waals surface area contributed by atoms with Gasteiger partial charge in [0.05, 0.1) is 6.54 Å². The fourth-order valence-electron chi connectivity index (χ4n) is 3.58. The van der Waals surface area contributed by atoms with Crippen molar-refractivity contribution in [2.75, 3.05) is 37.7 Å². The van der Waals surface area contributed by atoms with Crippen molar-refractivity contribution in [3.05, 3.63) is 58.9 Å². The fourth-order valence-corrected chi connectivity index (χ4v) is 3.69. The Kier molecular flexibility index (Phi) is 11.4. The average molecular weight is 558 g/mol. The number of aliphatic hydroxyl groups excluding tert-OH is 1. The van der Waals surface area contributed by atoms with Crippen molar-refractivity contribution >= 4 is 47.2 Å². The fraction of sp³-hybridized carbons (Fsp3) is 0.478. The molecule has 3 N–H and O–H groups in total. The molecule has 0 unspecified atom stereocenters. The number of halogens is 2. The van der Waals surface area contributed by atoms with Gasteiger partial charge in [0.25, 0.3) is 0 Å². The van der Waals surface area contributed by atoms with E-state index in [0.29, 0.717) is 24.2 Å². The molecular formula is C23H33ClIN5O. The molecule has 1 aromatic carbocycles. The van der Waals surface area contributed by atoms with Gasteiger partial charge in [0.2, 0.25) is 0 Å². The van der Waals surface area contributed by atoms with Crippen LogP contribution in [0.4, 0.5) is 5.69 Å². The van der Waals surface area contributed by atoms with E-state index in [9.17, 15) is 5.11 Å². The molecular weight excluding hydrogens is 525 g/mol. The lowest BCUT2D eigenvalue weighted by Gasteiger charge is -2.32. The number of aromatic nitrogens is 1. The van der Waals surface area contributed by atoms with E-state index in [1.807, 2.05) is 18.3 Å². The zero-order valence-corrected chi connectivity index (χ0v) is 21.1. The lowest BCUT2D eigenvalue weighted by molar-refractivity contribution is 0.203. The molecule has 1 aromatic heterocycles. The van der Waals surface area contributed by atoms with Crippen LogP contribution in [0, 0.1) is 5.92 Å². The van der Waals surface area contributed by atoms with Gasteiger partial charge < -0.3 is 20.6 Å². The molecule has 0 saturated carbocycles. The molecule has 0 spiro atoms. The molecule has 0 aliphatic carbocycles. The summed E-state index contributed by atoms with van der Waals surface area (Å²) in [5, 5.41) is 16.5. The summed E-state index contributed by atoms with van der Waals surface area (Å²) in [4.78, 5) is 11.2. The molecule has 0 radical (unpaired) electrons. The molecule has 170 valence electrons.